The van der Waals surface area contributed by atoms with Crippen LogP contribution in [-0.4, -0.2) is 29.0 Å². The molecule has 3 N–H and O–H groups in total. The Bertz CT molecular complexity index is 1420. The molecule has 4 rings (SSSR count). The molecule has 0 saturated heterocycles. The number of hydrogen-bond donors (Lipinski definition) is 3. The molecular formula is C26H22BrFN4O4. The van der Waals surface area contributed by atoms with Crippen molar-refractivity contribution in [3.05, 3.63) is 88.8 Å². The Hall–Kier alpha value is -4.18. The standard InChI is InChI=1S/C26H22BrFN4O4/c1-2-13-36-21-10-8-20(9-11-21)30-25(34)26(35)31-32-22-12-3-17(27)14-16(22)15-23(32)24(33)29-19-6-4-18(28)5-7-19/h3-12,14-15H,2,13H2,1H3,(H,29,33)(H,30,34)(H,31,35). The van der Waals surface area contributed by atoms with Gasteiger partial charge in [-0.25, -0.2) is 9.07 Å². The number of aromatic nitrogens is 1. The summed E-state index contributed by atoms with van der Waals surface area (Å²) in [6.45, 7) is 2.57. The van der Waals surface area contributed by atoms with Crippen molar-refractivity contribution in [2.24, 2.45) is 0 Å². The Morgan fingerprint density at radius 1 is 0.889 bits per heavy atom. The zero-order valence-electron chi connectivity index (χ0n) is 19.2. The fourth-order valence-corrected chi connectivity index (χ4v) is 3.78. The lowest BCUT2D eigenvalue weighted by atomic mass is 10.2. The number of halogens is 2. The summed E-state index contributed by atoms with van der Waals surface area (Å²) in [4.78, 5) is 38.4. The second kappa shape index (κ2) is 11.0. The summed E-state index contributed by atoms with van der Waals surface area (Å²) in [7, 11) is 0. The summed E-state index contributed by atoms with van der Waals surface area (Å²) in [6.07, 6.45) is 0.869. The molecular weight excluding hydrogens is 531 g/mol. The largest absolute Gasteiger partial charge is 0.494 e. The molecule has 0 atom stereocenters. The van der Waals surface area contributed by atoms with E-state index < -0.39 is 23.5 Å². The van der Waals surface area contributed by atoms with Crippen LogP contribution in [0.3, 0.4) is 0 Å². The van der Waals surface area contributed by atoms with Gasteiger partial charge in [0, 0.05) is 21.2 Å². The molecule has 0 saturated carbocycles. The smallest absolute Gasteiger partial charge is 0.328 e. The SMILES string of the molecule is CCCOc1ccc(NC(=O)C(=O)Nn2c(C(=O)Nc3ccc(F)cc3)cc3cc(Br)ccc32)cc1. The van der Waals surface area contributed by atoms with Crippen molar-refractivity contribution in [2.75, 3.05) is 22.7 Å². The van der Waals surface area contributed by atoms with E-state index in [-0.39, 0.29) is 5.69 Å². The molecule has 0 aliphatic heterocycles. The highest BCUT2D eigenvalue weighted by Crippen LogP contribution is 2.24. The van der Waals surface area contributed by atoms with Crippen molar-refractivity contribution in [3.8, 4) is 5.75 Å². The first-order valence-electron chi connectivity index (χ1n) is 11.1. The maximum Gasteiger partial charge on any atom is 0.328 e. The highest BCUT2D eigenvalue weighted by atomic mass is 79.9. The Kier molecular flexibility index (Phi) is 7.65. The van der Waals surface area contributed by atoms with Crippen LogP contribution < -0.4 is 20.8 Å². The van der Waals surface area contributed by atoms with Gasteiger partial charge < -0.3 is 15.4 Å². The first-order valence-corrected chi connectivity index (χ1v) is 11.9. The summed E-state index contributed by atoms with van der Waals surface area (Å²) < 4.78 is 20.7. The van der Waals surface area contributed by atoms with Crippen LogP contribution in [-0.2, 0) is 9.59 Å². The summed E-state index contributed by atoms with van der Waals surface area (Å²) in [5.74, 6) is -2.23. The van der Waals surface area contributed by atoms with E-state index in [1.54, 1.807) is 48.5 Å². The number of carbonyl (C=O) groups is 3. The number of amides is 3. The quantitative estimate of drug-likeness (QED) is 0.271. The van der Waals surface area contributed by atoms with Crippen LogP contribution in [0.25, 0.3) is 10.9 Å². The van der Waals surface area contributed by atoms with Gasteiger partial charge in [0.25, 0.3) is 5.91 Å². The molecule has 0 radical (unpaired) electrons. The second-order valence-electron chi connectivity index (χ2n) is 7.80. The van der Waals surface area contributed by atoms with Gasteiger partial charge in [-0.1, -0.05) is 22.9 Å². The number of benzene rings is 3. The minimum absolute atomic E-state index is 0.0750. The highest BCUT2D eigenvalue weighted by molar-refractivity contribution is 9.10. The normalized spacial score (nSPS) is 10.6. The van der Waals surface area contributed by atoms with E-state index in [9.17, 15) is 18.8 Å². The lowest BCUT2D eigenvalue weighted by Crippen LogP contribution is -2.36. The van der Waals surface area contributed by atoms with E-state index in [0.717, 1.165) is 10.9 Å². The van der Waals surface area contributed by atoms with Crippen LogP contribution in [0.1, 0.15) is 23.8 Å². The molecule has 3 aromatic carbocycles. The van der Waals surface area contributed by atoms with Crippen molar-refractivity contribution in [1.29, 1.82) is 0 Å². The van der Waals surface area contributed by atoms with Gasteiger partial charge >= 0.3 is 11.8 Å². The van der Waals surface area contributed by atoms with Crippen molar-refractivity contribution >= 4 is 55.9 Å². The molecule has 0 fully saturated rings. The number of nitrogens with one attached hydrogen (secondary N) is 3. The first kappa shape index (κ1) is 24.9. The molecule has 0 unspecified atom stereocenters. The number of ether oxygens (including phenoxy) is 1. The molecule has 1 heterocycles. The summed E-state index contributed by atoms with van der Waals surface area (Å²) in [5, 5.41) is 5.84. The molecule has 36 heavy (non-hydrogen) atoms. The number of anilines is 2. The van der Waals surface area contributed by atoms with E-state index in [0.29, 0.717) is 34.6 Å². The predicted molar refractivity (Wildman–Crippen MR) is 139 cm³/mol. The third kappa shape index (κ3) is 5.89. The van der Waals surface area contributed by atoms with Crippen LogP contribution in [0.2, 0.25) is 0 Å². The molecule has 0 bridgehead atoms. The third-order valence-electron chi connectivity index (χ3n) is 5.10. The van der Waals surface area contributed by atoms with E-state index in [1.165, 1.54) is 28.9 Å². The fraction of sp³-hybridized carbons (Fsp3) is 0.115. The summed E-state index contributed by atoms with van der Waals surface area (Å²) in [5.41, 5.74) is 3.85. The third-order valence-corrected chi connectivity index (χ3v) is 5.60. The zero-order chi connectivity index (χ0) is 25.7. The molecule has 0 aliphatic carbocycles. The fourth-order valence-electron chi connectivity index (χ4n) is 3.40. The molecule has 10 heteroatoms. The van der Waals surface area contributed by atoms with Crippen LogP contribution >= 0.6 is 15.9 Å². The Labute approximate surface area is 214 Å². The van der Waals surface area contributed by atoms with Gasteiger partial charge in [0.15, 0.2) is 0 Å². The molecule has 1 aromatic heterocycles. The summed E-state index contributed by atoms with van der Waals surface area (Å²) >= 11 is 3.39. The van der Waals surface area contributed by atoms with Gasteiger partial charge in [0.05, 0.1) is 12.1 Å². The molecule has 0 spiro atoms. The van der Waals surface area contributed by atoms with Crippen LogP contribution in [0, 0.1) is 5.82 Å². The zero-order valence-corrected chi connectivity index (χ0v) is 20.8. The van der Waals surface area contributed by atoms with E-state index in [4.69, 9.17) is 4.74 Å². The monoisotopic (exact) mass is 552 g/mol. The molecule has 3 amide bonds. The molecule has 184 valence electrons. The van der Waals surface area contributed by atoms with Gasteiger partial charge in [-0.3, -0.25) is 19.8 Å². The van der Waals surface area contributed by atoms with Gasteiger partial charge in [0.2, 0.25) is 0 Å². The maximum absolute atomic E-state index is 13.2. The minimum Gasteiger partial charge on any atom is -0.494 e. The van der Waals surface area contributed by atoms with Gasteiger partial charge in [-0.15, -0.1) is 0 Å². The first-order chi connectivity index (χ1) is 17.3. The van der Waals surface area contributed by atoms with Crippen molar-refractivity contribution in [3.63, 3.8) is 0 Å². The van der Waals surface area contributed by atoms with Crippen LogP contribution in [0.15, 0.2) is 77.3 Å². The average molecular weight is 553 g/mol. The van der Waals surface area contributed by atoms with E-state index >= 15 is 0 Å². The average Bonchev–Trinajstić information content (AvgIpc) is 3.22. The Morgan fingerprint density at radius 2 is 1.56 bits per heavy atom. The molecule has 8 nitrogen and oxygen atoms in total. The predicted octanol–water partition coefficient (Wildman–Crippen LogP) is 5.29. The lowest BCUT2D eigenvalue weighted by molar-refractivity contribution is -0.133. The van der Waals surface area contributed by atoms with Crippen LogP contribution in [0.5, 0.6) is 5.75 Å². The maximum atomic E-state index is 13.2. The number of carbonyl (C=O) groups excluding carboxylic acids is 3. The number of fused-ring (bicyclic) bond motifs is 1. The molecule has 4 aromatic rings. The van der Waals surface area contributed by atoms with Crippen molar-refractivity contribution in [1.82, 2.24) is 4.68 Å². The number of rotatable bonds is 7. The van der Waals surface area contributed by atoms with Gasteiger partial charge in [-0.05, 0) is 79.2 Å². The Balaban J connectivity index is 1.54. The van der Waals surface area contributed by atoms with Crippen molar-refractivity contribution in [2.45, 2.75) is 13.3 Å². The number of nitrogens with zero attached hydrogens (tertiary/aromatic N) is 1. The topological polar surface area (TPSA) is 101 Å². The van der Waals surface area contributed by atoms with E-state index in [1.807, 2.05) is 6.92 Å². The minimum atomic E-state index is -0.974. The Morgan fingerprint density at radius 3 is 2.25 bits per heavy atom. The van der Waals surface area contributed by atoms with Gasteiger partial charge in [0.1, 0.15) is 17.3 Å². The second-order valence-corrected chi connectivity index (χ2v) is 8.71. The number of hydrogen-bond acceptors (Lipinski definition) is 4. The van der Waals surface area contributed by atoms with Crippen molar-refractivity contribution < 1.29 is 23.5 Å². The van der Waals surface area contributed by atoms with Crippen LogP contribution in [0.4, 0.5) is 15.8 Å². The van der Waals surface area contributed by atoms with E-state index in [2.05, 4.69) is 32.0 Å². The highest BCUT2D eigenvalue weighted by Gasteiger charge is 2.21. The lowest BCUT2D eigenvalue weighted by Gasteiger charge is -2.13. The summed E-state index contributed by atoms with van der Waals surface area (Å²) in [6, 6.07) is 18.7. The van der Waals surface area contributed by atoms with Gasteiger partial charge in [-0.2, -0.15) is 0 Å². The molecule has 0 aliphatic rings.